The molecular weight excluding hydrogens is 268 g/mol. The summed E-state index contributed by atoms with van der Waals surface area (Å²) in [6.45, 7) is 7.55. The minimum Gasteiger partial charge on any atom is -0.481 e. The van der Waals surface area contributed by atoms with Crippen LogP contribution in [0.3, 0.4) is 0 Å². The number of amides is 2. The molecule has 1 unspecified atom stereocenters. The van der Waals surface area contributed by atoms with Gasteiger partial charge in [0.15, 0.2) is 0 Å². The van der Waals surface area contributed by atoms with Gasteiger partial charge in [-0.15, -0.1) is 0 Å². The van der Waals surface area contributed by atoms with Gasteiger partial charge in [0.05, 0.1) is 6.04 Å². The highest BCUT2D eigenvalue weighted by molar-refractivity contribution is 5.75. The zero-order valence-corrected chi connectivity index (χ0v) is 13.1. The van der Waals surface area contributed by atoms with Crippen LogP contribution in [0.2, 0.25) is 0 Å². The van der Waals surface area contributed by atoms with Gasteiger partial charge in [0.25, 0.3) is 0 Å². The lowest BCUT2D eigenvalue weighted by Crippen LogP contribution is -2.49. The molecule has 0 radical (unpaired) electrons. The predicted molar refractivity (Wildman–Crippen MR) is 82.2 cm³/mol. The molecule has 0 heterocycles. The van der Waals surface area contributed by atoms with Gasteiger partial charge in [-0.1, -0.05) is 29.8 Å². The molecule has 1 aromatic carbocycles. The maximum Gasteiger partial charge on any atom is 0.315 e. The van der Waals surface area contributed by atoms with Crippen LogP contribution >= 0.6 is 0 Å². The molecule has 0 aliphatic rings. The van der Waals surface area contributed by atoms with Crippen molar-refractivity contribution in [3.8, 4) is 0 Å². The first-order chi connectivity index (χ1) is 9.69. The van der Waals surface area contributed by atoms with Crippen molar-refractivity contribution in [1.29, 1.82) is 0 Å². The summed E-state index contributed by atoms with van der Waals surface area (Å²) >= 11 is 0. The van der Waals surface area contributed by atoms with Crippen LogP contribution in [0.5, 0.6) is 0 Å². The van der Waals surface area contributed by atoms with Crippen LogP contribution in [0.25, 0.3) is 0 Å². The fourth-order valence-electron chi connectivity index (χ4n) is 1.96. The van der Waals surface area contributed by atoms with E-state index in [4.69, 9.17) is 5.11 Å². The minimum absolute atomic E-state index is 0.0286. The Morgan fingerprint density at radius 2 is 1.81 bits per heavy atom. The van der Waals surface area contributed by atoms with Crippen molar-refractivity contribution in [1.82, 2.24) is 10.6 Å². The van der Waals surface area contributed by atoms with Crippen molar-refractivity contribution < 1.29 is 14.7 Å². The van der Waals surface area contributed by atoms with Gasteiger partial charge in [0.1, 0.15) is 0 Å². The molecular formula is C16H24N2O3. The van der Waals surface area contributed by atoms with Crippen molar-refractivity contribution in [2.45, 2.75) is 52.1 Å². The van der Waals surface area contributed by atoms with Gasteiger partial charge in [-0.2, -0.15) is 0 Å². The topological polar surface area (TPSA) is 78.4 Å². The average Bonchev–Trinajstić information content (AvgIpc) is 2.36. The molecule has 1 aromatic rings. The van der Waals surface area contributed by atoms with E-state index < -0.39 is 11.5 Å². The molecule has 0 bridgehead atoms. The van der Waals surface area contributed by atoms with E-state index in [9.17, 15) is 9.59 Å². The van der Waals surface area contributed by atoms with E-state index in [1.807, 2.05) is 52.0 Å². The second-order valence-electron chi connectivity index (χ2n) is 6.01. The quantitative estimate of drug-likeness (QED) is 0.754. The van der Waals surface area contributed by atoms with Crippen molar-refractivity contribution >= 4 is 12.0 Å². The van der Waals surface area contributed by atoms with Crippen LogP contribution in [-0.4, -0.2) is 22.6 Å². The van der Waals surface area contributed by atoms with E-state index in [0.29, 0.717) is 6.42 Å². The molecule has 0 fully saturated rings. The summed E-state index contributed by atoms with van der Waals surface area (Å²) in [6, 6.07) is 7.56. The van der Waals surface area contributed by atoms with E-state index >= 15 is 0 Å². The monoisotopic (exact) mass is 292 g/mol. The molecule has 0 aromatic heterocycles. The summed E-state index contributed by atoms with van der Waals surface area (Å²) in [4.78, 5) is 22.6. The number of rotatable bonds is 6. The fraction of sp³-hybridized carbons (Fsp3) is 0.500. The fourth-order valence-corrected chi connectivity index (χ4v) is 1.96. The van der Waals surface area contributed by atoms with E-state index in [-0.39, 0.29) is 18.5 Å². The summed E-state index contributed by atoms with van der Waals surface area (Å²) in [5.41, 5.74) is 1.64. The summed E-state index contributed by atoms with van der Waals surface area (Å²) in [5.74, 6) is -0.863. The third-order valence-corrected chi connectivity index (χ3v) is 3.34. The van der Waals surface area contributed by atoms with E-state index in [1.54, 1.807) is 0 Å². The van der Waals surface area contributed by atoms with Gasteiger partial charge >= 0.3 is 12.0 Å². The second kappa shape index (κ2) is 7.11. The van der Waals surface area contributed by atoms with Crippen molar-refractivity contribution in [3.05, 3.63) is 35.4 Å². The van der Waals surface area contributed by atoms with Gasteiger partial charge in [-0.05, 0) is 39.7 Å². The first kappa shape index (κ1) is 17.0. The van der Waals surface area contributed by atoms with Gasteiger partial charge in [0.2, 0.25) is 0 Å². The van der Waals surface area contributed by atoms with Gasteiger partial charge < -0.3 is 15.7 Å². The number of carboxylic acid groups (broad SMARTS) is 1. The Morgan fingerprint density at radius 1 is 1.24 bits per heavy atom. The minimum atomic E-state index is -0.863. The maximum atomic E-state index is 12.0. The Bertz CT molecular complexity index is 495. The highest BCUT2D eigenvalue weighted by Crippen LogP contribution is 2.14. The molecule has 3 N–H and O–H groups in total. The third kappa shape index (κ3) is 6.29. The Kier molecular flexibility index (Phi) is 5.76. The number of hydrogen-bond donors (Lipinski definition) is 3. The average molecular weight is 292 g/mol. The lowest BCUT2D eigenvalue weighted by molar-refractivity contribution is -0.137. The van der Waals surface area contributed by atoms with Crippen molar-refractivity contribution in [2.75, 3.05) is 0 Å². The van der Waals surface area contributed by atoms with Crippen LogP contribution in [0.4, 0.5) is 4.79 Å². The van der Waals surface area contributed by atoms with Crippen LogP contribution in [-0.2, 0) is 4.79 Å². The molecule has 1 rings (SSSR count). The predicted octanol–water partition coefficient (Wildman–Crippen LogP) is 3.00. The van der Waals surface area contributed by atoms with Crippen molar-refractivity contribution in [3.63, 3.8) is 0 Å². The van der Waals surface area contributed by atoms with E-state index in [2.05, 4.69) is 10.6 Å². The number of benzene rings is 1. The lowest BCUT2D eigenvalue weighted by Gasteiger charge is -2.27. The van der Waals surface area contributed by atoms with Crippen LogP contribution in [0.1, 0.15) is 50.8 Å². The molecule has 2 amide bonds. The zero-order chi connectivity index (χ0) is 16.0. The molecule has 0 aliphatic carbocycles. The second-order valence-corrected chi connectivity index (χ2v) is 6.01. The number of carboxylic acids is 1. The van der Waals surface area contributed by atoms with Crippen LogP contribution in [0, 0.1) is 6.92 Å². The number of carbonyl (C=O) groups is 2. The number of nitrogens with one attached hydrogen (secondary N) is 2. The van der Waals surface area contributed by atoms with Gasteiger partial charge in [0, 0.05) is 12.0 Å². The molecule has 0 aliphatic heterocycles. The van der Waals surface area contributed by atoms with E-state index in [0.717, 1.165) is 5.56 Å². The largest absolute Gasteiger partial charge is 0.481 e. The molecule has 5 nitrogen and oxygen atoms in total. The summed E-state index contributed by atoms with van der Waals surface area (Å²) < 4.78 is 0. The highest BCUT2D eigenvalue weighted by atomic mass is 16.4. The third-order valence-electron chi connectivity index (χ3n) is 3.34. The zero-order valence-electron chi connectivity index (χ0n) is 13.1. The Labute approximate surface area is 125 Å². The molecule has 5 heteroatoms. The van der Waals surface area contributed by atoms with Crippen LogP contribution in [0.15, 0.2) is 24.3 Å². The molecule has 0 saturated heterocycles. The summed E-state index contributed by atoms with van der Waals surface area (Å²) in [6.07, 6.45) is 0.412. The summed E-state index contributed by atoms with van der Waals surface area (Å²) in [7, 11) is 0. The first-order valence-corrected chi connectivity index (χ1v) is 7.07. The number of aryl methyl sites for hydroxylation is 1. The molecule has 0 saturated carbocycles. The van der Waals surface area contributed by atoms with Gasteiger partial charge in [-0.3, -0.25) is 4.79 Å². The maximum absolute atomic E-state index is 12.0. The smallest absolute Gasteiger partial charge is 0.315 e. The normalized spacial score (nSPS) is 12.6. The number of aliphatic carboxylic acids is 1. The number of carbonyl (C=O) groups excluding carboxylic acids is 1. The van der Waals surface area contributed by atoms with Crippen molar-refractivity contribution in [2.24, 2.45) is 0 Å². The Hall–Kier alpha value is -2.04. The molecule has 21 heavy (non-hydrogen) atoms. The van der Waals surface area contributed by atoms with E-state index in [1.165, 1.54) is 5.56 Å². The molecule has 1 atom stereocenters. The highest BCUT2D eigenvalue weighted by Gasteiger charge is 2.22. The van der Waals surface area contributed by atoms with Crippen LogP contribution < -0.4 is 10.6 Å². The molecule has 116 valence electrons. The van der Waals surface area contributed by atoms with Gasteiger partial charge in [-0.25, -0.2) is 4.79 Å². The lowest BCUT2D eigenvalue weighted by atomic mass is 9.99. The Morgan fingerprint density at radius 3 is 2.33 bits per heavy atom. The Balaban J connectivity index is 2.52. The number of hydrogen-bond acceptors (Lipinski definition) is 2. The SMILES string of the molecule is Cc1ccc(C(C)NC(=O)NC(C)(C)CCC(=O)O)cc1. The number of urea groups is 1. The summed E-state index contributed by atoms with van der Waals surface area (Å²) in [5, 5.41) is 14.4. The standard InChI is InChI=1S/C16H24N2O3/c1-11-5-7-13(8-6-11)12(2)17-15(21)18-16(3,4)10-9-14(19)20/h5-8,12H,9-10H2,1-4H3,(H,19,20)(H2,17,18,21). The first-order valence-electron chi connectivity index (χ1n) is 7.07. The molecule has 0 spiro atoms.